The van der Waals surface area contributed by atoms with E-state index in [1.807, 2.05) is 0 Å². The van der Waals surface area contributed by atoms with Crippen LogP contribution in [0.2, 0.25) is 0 Å². The summed E-state index contributed by atoms with van der Waals surface area (Å²) in [5.74, 6) is 0. The first-order valence-electron chi connectivity index (χ1n) is 3.63. The van der Waals surface area contributed by atoms with Gasteiger partial charge in [-0.05, 0) is 18.6 Å². The third kappa shape index (κ3) is 2.06. The van der Waals surface area contributed by atoms with E-state index in [1.165, 1.54) is 12.1 Å². The highest BCUT2D eigenvalue weighted by Crippen LogP contribution is 2.18. The molecule has 4 nitrogen and oxygen atoms in total. The van der Waals surface area contributed by atoms with E-state index in [0.29, 0.717) is 5.56 Å². The van der Waals surface area contributed by atoms with Gasteiger partial charge in [-0.3, -0.25) is 4.55 Å². The maximum absolute atomic E-state index is 10.8. The van der Waals surface area contributed by atoms with Crippen LogP contribution >= 0.6 is 0 Å². The molecule has 0 spiro atoms. The molecule has 0 heterocycles. The van der Waals surface area contributed by atoms with Crippen molar-refractivity contribution in [2.75, 3.05) is 0 Å². The van der Waals surface area contributed by atoms with Crippen LogP contribution in [0.4, 0.5) is 0 Å². The van der Waals surface area contributed by atoms with E-state index in [4.69, 9.17) is 9.66 Å². The zero-order valence-corrected chi connectivity index (χ0v) is 7.87. The number of aliphatic hydroxyl groups is 1. The monoisotopic (exact) mass is 202 g/mol. The summed E-state index contributed by atoms with van der Waals surface area (Å²) < 4.78 is 30.4. The van der Waals surface area contributed by atoms with Gasteiger partial charge in [0, 0.05) is 5.56 Å². The Morgan fingerprint density at radius 3 is 2.38 bits per heavy atom. The summed E-state index contributed by atoms with van der Waals surface area (Å²) in [4.78, 5) is -0.227. The van der Waals surface area contributed by atoms with Crippen molar-refractivity contribution >= 4 is 10.1 Å². The van der Waals surface area contributed by atoms with Gasteiger partial charge in [-0.1, -0.05) is 12.1 Å². The van der Waals surface area contributed by atoms with Gasteiger partial charge in [0.1, 0.15) is 0 Å². The fourth-order valence-electron chi connectivity index (χ4n) is 1.12. The molecular weight excluding hydrogens is 192 g/mol. The fourth-order valence-corrected chi connectivity index (χ4v) is 1.91. The van der Waals surface area contributed by atoms with Crippen LogP contribution in [0.5, 0.6) is 0 Å². The first-order chi connectivity index (χ1) is 5.96. The molecule has 0 saturated carbocycles. The molecule has 13 heavy (non-hydrogen) atoms. The van der Waals surface area contributed by atoms with Gasteiger partial charge in [0.05, 0.1) is 11.5 Å². The summed E-state index contributed by atoms with van der Waals surface area (Å²) in [6, 6.07) is 4.44. The molecule has 72 valence electrons. The first-order valence-corrected chi connectivity index (χ1v) is 5.07. The SMILES string of the molecule is Cc1cccc(S(=O)(=O)O)c1CO. The molecule has 0 aromatic heterocycles. The van der Waals surface area contributed by atoms with E-state index in [9.17, 15) is 8.42 Å². The molecule has 0 aliphatic carbocycles. The highest BCUT2D eigenvalue weighted by Gasteiger charge is 2.15. The second-order valence-corrected chi connectivity index (χ2v) is 4.07. The van der Waals surface area contributed by atoms with E-state index in [0.717, 1.165) is 0 Å². The van der Waals surface area contributed by atoms with Gasteiger partial charge < -0.3 is 5.11 Å². The summed E-state index contributed by atoms with van der Waals surface area (Å²) in [5.41, 5.74) is 0.877. The van der Waals surface area contributed by atoms with Crippen LogP contribution in [0.1, 0.15) is 11.1 Å². The van der Waals surface area contributed by atoms with Gasteiger partial charge in [0.15, 0.2) is 0 Å². The number of hydrogen-bond donors (Lipinski definition) is 2. The third-order valence-electron chi connectivity index (χ3n) is 1.80. The predicted molar refractivity (Wildman–Crippen MR) is 46.9 cm³/mol. The average Bonchev–Trinajstić information content (AvgIpc) is 2.02. The van der Waals surface area contributed by atoms with Gasteiger partial charge in [-0.2, -0.15) is 8.42 Å². The van der Waals surface area contributed by atoms with Crippen molar-refractivity contribution in [2.24, 2.45) is 0 Å². The molecule has 0 atom stereocenters. The minimum absolute atomic E-state index is 0.227. The minimum Gasteiger partial charge on any atom is -0.392 e. The van der Waals surface area contributed by atoms with Gasteiger partial charge in [-0.15, -0.1) is 0 Å². The van der Waals surface area contributed by atoms with Crippen molar-refractivity contribution in [3.63, 3.8) is 0 Å². The molecule has 0 radical (unpaired) electrons. The number of aliphatic hydroxyl groups excluding tert-OH is 1. The molecule has 1 rings (SSSR count). The van der Waals surface area contributed by atoms with Crippen LogP contribution in [0.15, 0.2) is 23.1 Å². The molecule has 1 aromatic rings. The molecule has 1 aromatic carbocycles. The highest BCUT2D eigenvalue weighted by atomic mass is 32.2. The number of hydrogen-bond acceptors (Lipinski definition) is 3. The van der Waals surface area contributed by atoms with Crippen molar-refractivity contribution < 1.29 is 18.1 Å². The lowest BCUT2D eigenvalue weighted by Gasteiger charge is -2.06. The van der Waals surface area contributed by atoms with Crippen molar-refractivity contribution in [3.8, 4) is 0 Å². The molecular formula is C8H10O4S. The van der Waals surface area contributed by atoms with E-state index < -0.39 is 16.7 Å². The smallest absolute Gasteiger partial charge is 0.294 e. The predicted octanol–water partition coefficient (Wildman–Crippen LogP) is 0.734. The number of rotatable bonds is 2. The Balaban J connectivity index is 3.47. The van der Waals surface area contributed by atoms with Crippen LogP contribution in [-0.2, 0) is 16.7 Å². The van der Waals surface area contributed by atoms with Gasteiger partial charge in [-0.25, -0.2) is 0 Å². The van der Waals surface area contributed by atoms with E-state index in [1.54, 1.807) is 13.0 Å². The maximum Gasteiger partial charge on any atom is 0.294 e. The Bertz CT molecular complexity index is 408. The summed E-state index contributed by atoms with van der Waals surface area (Å²) in [7, 11) is -4.23. The Morgan fingerprint density at radius 2 is 2.00 bits per heavy atom. The van der Waals surface area contributed by atoms with Gasteiger partial charge >= 0.3 is 0 Å². The molecule has 0 fully saturated rings. The van der Waals surface area contributed by atoms with Crippen molar-refractivity contribution in [1.29, 1.82) is 0 Å². The zero-order chi connectivity index (χ0) is 10.1. The van der Waals surface area contributed by atoms with Crippen LogP contribution in [0.25, 0.3) is 0 Å². The Morgan fingerprint density at radius 1 is 1.38 bits per heavy atom. The number of benzene rings is 1. The molecule has 0 amide bonds. The van der Waals surface area contributed by atoms with E-state index in [-0.39, 0.29) is 10.5 Å². The van der Waals surface area contributed by atoms with Crippen LogP contribution in [0.3, 0.4) is 0 Å². The molecule has 0 aliphatic heterocycles. The Hall–Kier alpha value is -0.910. The van der Waals surface area contributed by atoms with E-state index in [2.05, 4.69) is 0 Å². The van der Waals surface area contributed by atoms with Crippen LogP contribution < -0.4 is 0 Å². The second kappa shape index (κ2) is 3.45. The average molecular weight is 202 g/mol. The lowest BCUT2D eigenvalue weighted by atomic mass is 10.1. The Kier molecular flexibility index (Phi) is 2.70. The van der Waals surface area contributed by atoms with Crippen molar-refractivity contribution in [2.45, 2.75) is 18.4 Å². The Labute approximate surface area is 76.6 Å². The van der Waals surface area contributed by atoms with Crippen LogP contribution in [0, 0.1) is 6.92 Å². The van der Waals surface area contributed by atoms with Crippen LogP contribution in [-0.4, -0.2) is 18.1 Å². The summed E-state index contributed by atoms with van der Waals surface area (Å²) >= 11 is 0. The summed E-state index contributed by atoms with van der Waals surface area (Å²) in [6.07, 6.45) is 0. The molecule has 0 aliphatic rings. The van der Waals surface area contributed by atoms with E-state index >= 15 is 0 Å². The quantitative estimate of drug-likeness (QED) is 0.693. The van der Waals surface area contributed by atoms with Crippen molar-refractivity contribution in [3.05, 3.63) is 29.3 Å². The molecule has 5 heteroatoms. The first kappa shape index (κ1) is 10.2. The topological polar surface area (TPSA) is 74.6 Å². The fraction of sp³-hybridized carbons (Fsp3) is 0.250. The summed E-state index contributed by atoms with van der Waals surface area (Å²) in [5, 5.41) is 8.89. The van der Waals surface area contributed by atoms with Gasteiger partial charge in [0.25, 0.3) is 10.1 Å². The summed E-state index contributed by atoms with van der Waals surface area (Å²) in [6.45, 7) is 1.27. The lowest BCUT2D eigenvalue weighted by Crippen LogP contribution is -2.04. The maximum atomic E-state index is 10.8. The van der Waals surface area contributed by atoms with Crippen molar-refractivity contribution in [1.82, 2.24) is 0 Å². The largest absolute Gasteiger partial charge is 0.392 e. The van der Waals surface area contributed by atoms with Gasteiger partial charge in [0.2, 0.25) is 0 Å². The molecule has 2 N–H and O–H groups in total. The minimum atomic E-state index is -4.23. The third-order valence-corrected chi connectivity index (χ3v) is 2.74. The molecule has 0 saturated heterocycles. The second-order valence-electron chi connectivity index (χ2n) is 2.68. The number of aryl methyl sites for hydroxylation is 1. The lowest BCUT2D eigenvalue weighted by molar-refractivity contribution is 0.277. The zero-order valence-electron chi connectivity index (χ0n) is 7.06. The highest BCUT2D eigenvalue weighted by molar-refractivity contribution is 7.85. The normalized spacial score (nSPS) is 11.6. The molecule has 0 bridgehead atoms. The molecule has 0 unspecified atom stereocenters. The standard InChI is InChI=1S/C8H10O4S/c1-6-3-2-4-8(7(6)5-9)13(10,11)12/h2-4,9H,5H2,1H3,(H,10,11,12).